The maximum absolute atomic E-state index is 13.6. The first-order chi connectivity index (χ1) is 10.1. The minimum atomic E-state index is -0.544. The summed E-state index contributed by atoms with van der Waals surface area (Å²) in [6, 6.07) is 4.31. The Balaban J connectivity index is 1.90. The molecule has 1 aromatic carbocycles. The minimum Gasteiger partial charge on any atom is -0.481 e. The molecule has 2 N–H and O–H groups in total. The summed E-state index contributed by atoms with van der Waals surface area (Å²) in [4.78, 5) is 8.40. The molecule has 2 heterocycles. The summed E-state index contributed by atoms with van der Waals surface area (Å²) in [6.07, 6.45) is 1.59. The van der Waals surface area contributed by atoms with Crippen LogP contribution in [-0.2, 0) is 13.7 Å². The lowest BCUT2D eigenvalue weighted by Crippen LogP contribution is -2.06. The molecule has 0 aliphatic rings. The first kappa shape index (κ1) is 13.6. The molecule has 0 fully saturated rings. The molecule has 6 nitrogen and oxygen atoms in total. The topological polar surface area (TPSA) is 78.9 Å². The molecule has 3 aromatic rings. The molecule has 8 heteroatoms. The van der Waals surface area contributed by atoms with Crippen molar-refractivity contribution in [2.24, 2.45) is 7.05 Å². The maximum Gasteiger partial charge on any atom is 0.174 e. The zero-order chi connectivity index (χ0) is 15.0. The van der Waals surface area contributed by atoms with Gasteiger partial charge >= 0.3 is 0 Å². The van der Waals surface area contributed by atoms with Gasteiger partial charge in [-0.2, -0.15) is 5.10 Å². The van der Waals surface area contributed by atoms with E-state index in [1.54, 1.807) is 24.0 Å². The van der Waals surface area contributed by atoms with Crippen molar-refractivity contribution < 1.29 is 9.13 Å². The lowest BCUT2D eigenvalue weighted by molar-refractivity contribution is 0.282. The molecule has 0 saturated heterocycles. The Hall–Kier alpha value is -2.41. The van der Waals surface area contributed by atoms with Crippen LogP contribution in [0.3, 0.4) is 0 Å². The van der Waals surface area contributed by atoms with Gasteiger partial charge in [0.25, 0.3) is 0 Å². The quantitative estimate of drug-likeness (QED) is 0.803. The predicted octanol–water partition coefficient (Wildman–Crippen LogP) is 2.32. The van der Waals surface area contributed by atoms with E-state index in [1.165, 1.54) is 12.1 Å². The average molecular weight is 308 g/mol. The normalized spacial score (nSPS) is 11.0. The lowest BCUT2D eigenvalue weighted by Gasteiger charge is -2.08. The van der Waals surface area contributed by atoms with Gasteiger partial charge < -0.3 is 10.5 Å². The first-order valence-corrected chi connectivity index (χ1v) is 6.45. The Morgan fingerprint density at radius 3 is 2.95 bits per heavy atom. The second kappa shape index (κ2) is 5.17. The summed E-state index contributed by atoms with van der Waals surface area (Å²) in [6.45, 7) is -0.0496. The predicted molar refractivity (Wildman–Crippen MR) is 76.5 cm³/mol. The number of halogens is 2. The number of ether oxygens (including phenoxy) is 1. The van der Waals surface area contributed by atoms with Gasteiger partial charge in [0.15, 0.2) is 23.0 Å². The van der Waals surface area contributed by atoms with E-state index in [2.05, 4.69) is 15.1 Å². The Labute approximate surface area is 124 Å². The molecule has 0 aliphatic carbocycles. The van der Waals surface area contributed by atoms with E-state index in [0.29, 0.717) is 22.7 Å². The van der Waals surface area contributed by atoms with E-state index in [-0.39, 0.29) is 17.4 Å². The molecule has 108 valence electrons. The van der Waals surface area contributed by atoms with Crippen LogP contribution in [0, 0.1) is 5.82 Å². The van der Waals surface area contributed by atoms with E-state index in [1.807, 2.05) is 0 Å². The van der Waals surface area contributed by atoms with Crippen LogP contribution >= 0.6 is 11.6 Å². The van der Waals surface area contributed by atoms with E-state index < -0.39 is 5.82 Å². The number of para-hydroxylation sites is 1. The zero-order valence-electron chi connectivity index (χ0n) is 11.0. The number of benzene rings is 1. The third-order valence-electron chi connectivity index (χ3n) is 2.93. The molecule has 2 aromatic heterocycles. The van der Waals surface area contributed by atoms with Gasteiger partial charge in [0, 0.05) is 7.05 Å². The number of hydrogen-bond donors (Lipinski definition) is 1. The summed E-state index contributed by atoms with van der Waals surface area (Å²) in [5.41, 5.74) is 6.42. The van der Waals surface area contributed by atoms with Gasteiger partial charge in [0.05, 0.1) is 16.6 Å². The van der Waals surface area contributed by atoms with Crippen molar-refractivity contribution in [3.63, 3.8) is 0 Å². The molecule has 0 aliphatic heterocycles. The van der Waals surface area contributed by atoms with E-state index in [9.17, 15) is 4.39 Å². The Morgan fingerprint density at radius 1 is 1.38 bits per heavy atom. The highest BCUT2D eigenvalue weighted by Gasteiger charge is 2.12. The van der Waals surface area contributed by atoms with Gasteiger partial charge in [-0.1, -0.05) is 17.7 Å². The summed E-state index contributed by atoms with van der Waals surface area (Å²) < 4.78 is 20.5. The summed E-state index contributed by atoms with van der Waals surface area (Å²) >= 11 is 5.89. The Kier molecular flexibility index (Phi) is 3.34. The number of rotatable bonds is 3. The standard InChI is InChI=1S/C13H11ClFN5O/c1-20-13-7(5-17-20)12(16)18-10(19-13)6-21-11-8(14)3-2-4-9(11)15/h2-5H,6H2,1H3,(H2,16,18,19). The van der Waals surface area contributed by atoms with E-state index >= 15 is 0 Å². The molecule has 0 amide bonds. The van der Waals surface area contributed by atoms with Crippen LogP contribution in [0.5, 0.6) is 5.75 Å². The summed E-state index contributed by atoms with van der Waals surface area (Å²) in [7, 11) is 1.74. The third kappa shape index (κ3) is 2.47. The molecule has 0 atom stereocenters. The van der Waals surface area contributed by atoms with Crippen LogP contribution < -0.4 is 10.5 Å². The fourth-order valence-electron chi connectivity index (χ4n) is 1.91. The number of aryl methyl sites for hydroxylation is 1. The number of anilines is 1. The van der Waals surface area contributed by atoms with Gasteiger partial charge in [-0.15, -0.1) is 0 Å². The average Bonchev–Trinajstić information content (AvgIpc) is 2.81. The van der Waals surface area contributed by atoms with Crippen molar-refractivity contribution in [2.45, 2.75) is 6.61 Å². The Bertz CT molecular complexity index is 799. The van der Waals surface area contributed by atoms with Gasteiger partial charge in [0.2, 0.25) is 0 Å². The molecular formula is C13H11ClFN5O. The number of nitrogens with two attached hydrogens (primary N) is 1. The van der Waals surface area contributed by atoms with Crippen molar-refractivity contribution in [1.82, 2.24) is 19.7 Å². The number of hydrogen-bond acceptors (Lipinski definition) is 5. The first-order valence-electron chi connectivity index (χ1n) is 6.07. The Morgan fingerprint density at radius 2 is 2.19 bits per heavy atom. The van der Waals surface area contributed by atoms with E-state index in [0.717, 1.165) is 0 Å². The second-order valence-corrected chi connectivity index (χ2v) is 4.78. The molecule has 0 unspecified atom stereocenters. The van der Waals surface area contributed by atoms with Crippen LogP contribution in [0.4, 0.5) is 10.2 Å². The van der Waals surface area contributed by atoms with Crippen molar-refractivity contribution in [3.05, 3.63) is 41.1 Å². The molecule has 0 bridgehead atoms. The minimum absolute atomic E-state index is 0.0357. The fraction of sp³-hybridized carbons (Fsp3) is 0.154. The molecule has 0 spiro atoms. The zero-order valence-corrected chi connectivity index (χ0v) is 11.8. The lowest BCUT2D eigenvalue weighted by atomic mass is 10.3. The number of aromatic nitrogens is 4. The molecule has 21 heavy (non-hydrogen) atoms. The van der Waals surface area contributed by atoms with Gasteiger partial charge in [0.1, 0.15) is 12.4 Å². The van der Waals surface area contributed by atoms with Gasteiger partial charge in [-0.3, -0.25) is 4.68 Å². The highest BCUT2D eigenvalue weighted by atomic mass is 35.5. The summed E-state index contributed by atoms with van der Waals surface area (Å²) in [5, 5.41) is 4.90. The van der Waals surface area contributed by atoms with Crippen molar-refractivity contribution in [3.8, 4) is 5.75 Å². The van der Waals surface area contributed by atoms with Gasteiger partial charge in [-0.05, 0) is 12.1 Å². The highest BCUT2D eigenvalue weighted by molar-refractivity contribution is 6.32. The highest BCUT2D eigenvalue weighted by Crippen LogP contribution is 2.28. The number of nitrogens with zero attached hydrogens (tertiary/aromatic N) is 4. The molecule has 0 saturated carbocycles. The third-order valence-corrected chi connectivity index (χ3v) is 3.23. The van der Waals surface area contributed by atoms with Gasteiger partial charge in [-0.25, -0.2) is 14.4 Å². The molecular weight excluding hydrogens is 297 g/mol. The molecule has 0 radical (unpaired) electrons. The molecule has 3 rings (SSSR count). The monoisotopic (exact) mass is 307 g/mol. The number of nitrogen functional groups attached to an aromatic ring is 1. The van der Waals surface area contributed by atoms with Crippen molar-refractivity contribution in [1.29, 1.82) is 0 Å². The van der Waals surface area contributed by atoms with Crippen LogP contribution in [0.25, 0.3) is 11.0 Å². The van der Waals surface area contributed by atoms with Crippen LogP contribution in [-0.4, -0.2) is 19.7 Å². The number of fused-ring (bicyclic) bond motifs is 1. The van der Waals surface area contributed by atoms with Crippen molar-refractivity contribution in [2.75, 3.05) is 5.73 Å². The van der Waals surface area contributed by atoms with Crippen molar-refractivity contribution >= 4 is 28.5 Å². The van der Waals surface area contributed by atoms with Crippen LogP contribution in [0.1, 0.15) is 5.82 Å². The van der Waals surface area contributed by atoms with Crippen LogP contribution in [0.2, 0.25) is 5.02 Å². The smallest absolute Gasteiger partial charge is 0.174 e. The summed E-state index contributed by atoms with van der Waals surface area (Å²) in [5.74, 6) is 0.0396. The largest absolute Gasteiger partial charge is 0.481 e. The van der Waals surface area contributed by atoms with E-state index in [4.69, 9.17) is 22.1 Å². The SMILES string of the molecule is Cn1ncc2c(N)nc(COc3c(F)cccc3Cl)nc21. The van der Waals surface area contributed by atoms with Crippen LogP contribution in [0.15, 0.2) is 24.4 Å². The fourth-order valence-corrected chi connectivity index (χ4v) is 2.13. The second-order valence-electron chi connectivity index (χ2n) is 4.37. The maximum atomic E-state index is 13.6.